The van der Waals surface area contributed by atoms with Gasteiger partial charge in [0.05, 0.1) is 17.2 Å². The van der Waals surface area contributed by atoms with Gasteiger partial charge in [-0.05, 0) is 49.6 Å². The Labute approximate surface area is 148 Å². The van der Waals surface area contributed by atoms with Gasteiger partial charge < -0.3 is 9.84 Å². The van der Waals surface area contributed by atoms with Crippen molar-refractivity contribution in [3.63, 3.8) is 0 Å². The van der Waals surface area contributed by atoms with Crippen molar-refractivity contribution in [2.45, 2.75) is 31.8 Å². The normalized spacial score (nSPS) is 14.2. The second-order valence-corrected chi connectivity index (χ2v) is 6.37. The topological polar surface area (TPSA) is 105 Å². The van der Waals surface area contributed by atoms with Gasteiger partial charge in [-0.2, -0.15) is 5.10 Å². The molecule has 0 aliphatic heterocycles. The van der Waals surface area contributed by atoms with Crippen molar-refractivity contribution in [1.29, 1.82) is 0 Å². The number of aromatic carboxylic acids is 1. The molecule has 2 aromatic heterocycles. The molecule has 2 N–H and O–H groups in total. The van der Waals surface area contributed by atoms with Crippen molar-refractivity contribution >= 4 is 16.7 Å². The number of hydrogen-bond acceptors (Lipinski definition) is 5. The van der Waals surface area contributed by atoms with Crippen molar-refractivity contribution in [3.8, 4) is 5.75 Å². The van der Waals surface area contributed by atoms with E-state index < -0.39 is 5.97 Å². The Morgan fingerprint density at radius 1 is 1.23 bits per heavy atom. The number of fused-ring (bicyclic) bond motifs is 1. The minimum atomic E-state index is -1.08. The molecule has 0 spiro atoms. The zero-order valence-electron chi connectivity index (χ0n) is 13.9. The van der Waals surface area contributed by atoms with Crippen molar-refractivity contribution in [1.82, 2.24) is 15.2 Å². The number of rotatable bonds is 5. The van der Waals surface area contributed by atoms with Gasteiger partial charge >= 0.3 is 5.97 Å². The molecule has 7 nitrogen and oxygen atoms in total. The fourth-order valence-corrected chi connectivity index (χ4v) is 2.96. The molecule has 4 rings (SSSR count). The summed E-state index contributed by atoms with van der Waals surface area (Å²) in [6.07, 6.45) is 3.81. The third kappa shape index (κ3) is 3.15. The van der Waals surface area contributed by atoms with E-state index in [0.29, 0.717) is 34.3 Å². The summed E-state index contributed by atoms with van der Waals surface area (Å²) in [4.78, 5) is 27.3. The van der Waals surface area contributed by atoms with E-state index in [2.05, 4.69) is 15.2 Å². The Morgan fingerprint density at radius 3 is 2.81 bits per heavy atom. The zero-order chi connectivity index (χ0) is 18.1. The van der Waals surface area contributed by atoms with Crippen molar-refractivity contribution in [3.05, 3.63) is 63.8 Å². The van der Waals surface area contributed by atoms with E-state index in [1.165, 1.54) is 12.5 Å². The molecule has 1 aliphatic rings. The number of nitrogens with zero attached hydrogens (tertiary/aromatic N) is 2. The summed E-state index contributed by atoms with van der Waals surface area (Å²) >= 11 is 0. The van der Waals surface area contributed by atoms with Crippen LogP contribution in [0.3, 0.4) is 0 Å². The Kier molecular flexibility index (Phi) is 4.12. The molecule has 0 radical (unpaired) electrons. The van der Waals surface area contributed by atoms with Crippen LogP contribution < -0.4 is 10.3 Å². The van der Waals surface area contributed by atoms with Gasteiger partial charge in [-0.15, -0.1) is 0 Å². The van der Waals surface area contributed by atoms with Gasteiger partial charge in [-0.25, -0.2) is 14.9 Å². The molecule has 1 aromatic carbocycles. The van der Waals surface area contributed by atoms with Crippen molar-refractivity contribution in [2.24, 2.45) is 0 Å². The first-order chi connectivity index (χ1) is 12.6. The lowest BCUT2D eigenvalue weighted by Crippen LogP contribution is -2.24. The van der Waals surface area contributed by atoms with Gasteiger partial charge in [0, 0.05) is 17.5 Å². The smallest absolute Gasteiger partial charge is 0.354 e. The van der Waals surface area contributed by atoms with Crippen molar-refractivity contribution < 1.29 is 14.6 Å². The maximum atomic E-state index is 12.1. The van der Waals surface area contributed by atoms with Crippen LogP contribution in [-0.4, -0.2) is 32.4 Å². The predicted molar refractivity (Wildman–Crippen MR) is 94.6 cm³/mol. The van der Waals surface area contributed by atoms with Crippen LogP contribution in [0.2, 0.25) is 0 Å². The van der Waals surface area contributed by atoms with Gasteiger partial charge in [0.15, 0.2) is 0 Å². The fraction of sp³-hybridized carbons (Fsp3) is 0.263. The molecule has 132 valence electrons. The summed E-state index contributed by atoms with van der Waals surface area (Å²) in [7, 11) is 0. The first-order valence-corrected chi connectivity index (χ1v) is 8.47. The lowest BCUT2D eigenvalue weighted by molar-refractivity contribution is 0.0690. The fourth-order valence-electron chi connectivity index (χ4n) is 2.96. The van der Waals surface area contributed by atoms with Gasteiger partial charge in [0.25, 0.3) is 5.56 Å². The van der Waals surface area contributed by atoms with Crippen LogP contribution in [0.5, 0.6) is 5.75 Å². The average molecular weight is 351 g/mol. The van der Waals surface area contributed by atoms with E-state index in [4.69, 9.17) is 9.84 Å². The van der Waals surface area contributed by atoms with Crippen molar-refractivity contribution in [2.75, 3.05) is 0 Å². The molecule has 0 atom stereocenters. The Hall–Kier alpha value is -3.22. The van der Waals surface area contributed by atoms with Gasteiger partial charge in [0.2, 0.25) is 0 Å². The molecule has 0 saturated heterocycles. The highest BCUT2D eigenvalue weighted by Crippen LogP contribution is 2.28. The van der Waals surface area contributed by atoms with E-state index in [1.807, 2.05) is 6.07 Å². The van der Waals surface area contributed by atoms with Crippen LogP contribution >= 0.6 is 0 Å². The van der Waals surface area contributed by atoms with E-state index in [0.717, 1.165) is 12.8 Å². The monoisotopic (exact) mass is 351 g/mol. The number of ether oxygens (including phenoxy) is 1. The van der Waals surface area contributed by atoms with Crippen LogP contribution in [0, 0.1) is 0 Å². The lowest BCUT2D eigenvalue weighted by Gasteiger charge is -2.26. The average Bonchev–Trinajstić information content (AvgIpc) is 2.61. The third-order valence-electron chi connectivity index (χ3n) is 4.57. The van der Waals surface area contributed by atoms with Crippen LogP contribution in [0.15, 0.2) is 41.2 Å². The first-order valence-electron chi connectivity index (χ1n) is 8.47. The molecule has 7 heteroatoms. The van der Waals surface area contributed by atoms with Gasteiger partial charge in [-0.3, -0.25) is 4.79 Å². The molecule has 0 bridgehead atoms. The van der Waals surface area contributed by atoms with E-state index in [9.17, 15) is 9.59 Å². The van der Waals surface area contributed by atoms with Crippen LogP contribution in [0.1, 0.15) is 41.1 Å². The number of benzene rings is 1. The number of nitrogens with one attached hydrogen (secondary N) is 1. The molecule has 2 heterocycles. The predicted octanol–water partition coefficient (Wildman–Crippen LogP) is 2.54. The zero-order valence-corrected chi connectivity index (χ0v) is 13.9. The minimum absolute atomic E-state index is 0.0229. The van der Waals surface area contributed by atoms with E-state index in [-0.39, 0.29) is 17.4 Å². The third-order valence-corrected chi connectivity index (χ3v) is 4.57. The summed E-state index contributed by atoms with van der Waals surface area (Å²) in [6.45, 7) is 0. The number of carbonyl (C=O) groups is 1. The SMILES string of the molecule is O=C(O)c1cccc(Cc2n[nH]c(=O)c3ccc(OC4CCC4)cc23)n1. The Bertz CT molecular complexity index is 1040. The number of hydrogen-bond donors (Lipinski definition) is 2. The number of carboxylic acid groups (broad SMARTS) is 1. The number of pyridine rings is 1. The molecule has 0 amide bonds. The maximum Gasteiger partial charge on any atom is 0.354 e. The quantitative estimate of drug-likeness (QED) is 0.732. The number of aromatic nitrogens is 3. The highest BCUT2D eigenvalue weighted by molar-refractivity contribution is 5.86. The van der Waals surface area contributed by atoms with Crippen LogP contribution in [-0.2, 0) is 6.42 Å². The van der Waals surface area contributed by atoms with Gasteiger partial charge in [0.1, 0.15) is 11.4 Å². The maximum absolute atomic E-state index is 12.1. The molecule has 1 aliphatic carbocycles. The lowest BCUT2D eigenvalue weighted by atomic mass is 9.96. The number of aromatic amines is 1. The molecule has 0 unspecified atom stereocenters. The van der Waals surface area contributed by atoms with E-state index in [1.54, 1.807) is 24.3 Å². The van der Waals surface area contributed by atoms with E-state index >= 15 is 0 Å². The molecule has 1 saturated carbocycles. The summed E-state index contributed by atoms with van der Waals surface area (Å²) < 4.78 is 5.92. The van der Waals surface area contributed by atoms with Crippen LogP contribution in [0.25, 0.3) is 10.8 Å². The first kappa shape index (κ1) is 16.3. The summed E-state index contributed by atoms with van der Waals surface area (Å²) in [5.41, 5.74) is 0.890. The molecule has 26 heavy (non-hydrogen) atoms. The largest absolute Gasteiger partial charge is 0.490 e. The second kappa shape index (κ2) is 6.59. The molecule has 3 aromatic rings. The number of H-pyrrole nitrogens is 1. The molecular weight excluding hydrogens is 334 g/mol. The highest BCUT2D eigenvalue weighted by atomic mass is 16.5. The number of carboxylic acids is 1. The van der Waals surface area contributed by atoms with Gasteiger partial charge in [-0.1, -0.05) is 6.07 Å². The Balaban J connectivity index is 1.72. The summed E-state index contributed by atoms with van der Waals surface area (Å²) in [5.74, 6) is -0.370. The molecular formula is C19H17N3O4. The minimum Gasteiger partial charge on any atom is -0.490 e. The second-order valence-electron chi connectivity index (χ2n) is 6.37. The Morgan fingerprint density at radius 2 is 2.08 bits per heavy atom. The summed E-state index contributed by atoms with van der Waals surface area (Å²) in [6, 6.07) is 10.2. The standard InChI is InChI=1S/C19H17N3O4/c23-18-14-8-7-13(26-12-4-2-5-12)10-15(14)17(21-22-18)9-11-3-1-6-16(20-11)19(24)25/h1,3,6-8,10,12H,2,4-5,9H2,(H,22,23)(H,24,25). The molecule has 1 fully saturated rings. The van der Waals surface area contributed by atoms with Crippen LogP contribution in [0.4, 0.5) is 0 Å². The summed E-state index contributed by atoms with van der Waals surface area (Å²) in [5, 5.41) is 16.9. The highest BCUT2D eigenvalue weighted by Gasteiger charge is 2.19.